The summed E-state index contributed by atoms with van der Waals surface area (Å²) in [5, 5.41) is 5.97. The molecule has 21 heavy (non-hydrogen) atoms. The first kappa shape index (κ1) is 15.5. The van der Waals surface area contributed by atoms with Crippen molar-refractivity contribution in [2.24, 2.45) is 5.10 Å². The van der Waals surface area contributed by atoms with E-state index in [4.69, 9.17) is 4.74 Å². The van der Waals surface area contributed by atoms with Crippen molar-refractivity contribution in [2.75, 3.05) is 7.11 Å². The summed E-state index contributed by atoms with van der Waals surface area (Å²) in [5.74, 6) is -0.397. The molecular weight excluding hydrogens is 332 g/mol. The molecule has 0 aromatic heterocycles. The van der Waals surface area contributed by atoms with E-state index >= 15 is 0 Å². The van der Waals surface area contributed by atoms with Gasteiger partial charge in [-0.05, 0) is 44.0 Å². The molecule has 1 aromatic rings. The van der Waals surface area contributed by atoms with Gasteiger partial charge in [0, 0.05) is 16.3 Å². The van der Waals surface area contributed by atoms with Crippen LogP contribution in [0.25, 0.3) is 11.3 Å². The minimum Gasteiger partial charge on any atom is -0.464 e. The Labute approximate surface area is 132 Å². The first-order chi connectivity index (χ1) is 10.0. The van der Waals surface area contributed by atoms with Crippen LogP contribution in [-0.2, 0) is 9.53 Å². The molecule has 1 aliphatic heterocycles. The van der Waals surface area contributed by atoms with Crippen LogP contribution in [0.15, 0.2) is 39.5 Å². The normalized spacial score (nSPS) is 16.6. The smallest absolute Gasteiger partial charge is 0.357 e. The number of hydrogen-bond donors (Lipinski definition) is 0. The maximum Gasteiger partial charge on any atom is 0.357 e. The SMILES string of the molecule is C/C=N\N1C(C(=O)OC)=C(C)c2ccc(Br)cc2/C1=C\C. The van der Waals surface area contributed by atoms with Gasteiger partial charge in [-0.15, -0.1) is 0 Å². The van der Waals surface area contributed by atoms with E-state index in [1.807, 2.05) is 45.0 Å². The summed E-state index contributed by atoms with van der Waals surface area (Å²) in [6.07, 6.45) is 3.59. The van der Waals surface area contributed by atoms with Crippen LogP contribution in [0.1, 0.15) is 31.9 Å². The van der Waals surface area contributed by atoms with Crippen LogP contribution >= 0.6 is 15.9 Å². The molecule has 1 aliphatic rings. The fourth-order valence-corrected chi connectivity index (χ4v) is 2.79. The third-order valence-electron chi connectivity index (χ3n) is 3.34. The third kappa shape index (κ3) is 2.65. The summed E-state index contributed by atoms with van der Waals surface area (Å²) in [6, 6.07) is 5.98. The van der Waals surface area contributed by atoms with Gasteiger partial charge in [-0.2, -0.15) is 5.10 Å². The number of ether oxygens (including phenoxy) is 1. The average Bonchev–Trinajstić information content (AvgIpc) is 2.47. The van der Waals surface area contributed by atoms with E-state index in [9.17, 15) is 4.79 Å². The van der Waals surface area contributed by atoms with Crippen molar-refractivity contribution in [3.63, 3.8) is 0 Å². The predicted molar refractivity (Wildman–Crippen MR) is 88.4 cm³/mol. The molecule has 0 amide bonds. The number of fused-ring (bicyclic) bond motifs is 1. The monoisotopic (exact) mass is 348 g/mol. The second-order valence-corrected chi connectivity index (χ2v) is 5.43. The number of hydrazone groups is 1. The standard InChI is InChI=1S/C16H17BrN2O2/c1-5-14-13-9-11(17)7-8-12(13)10(3)15(16(20)21-4)19(14)18-6-2/h5-9H,1-4H3/b14-5+,18-6-. The van der Waals surface area contributed by atoms with Crippen molar-refractivity contribution in [1.29, 1.82) is 0 Å². The highest BCUT2D eigenvalue weighted by Gasteiger charge is 2.31. The van der Waals surface area contributed by atoms with Gasteiger partial charge >= 0.3 is 5.97 Å². The number of carbonyl (C=O) groups excluding carboxylic acids is 1. The van der Waals surface area contributed by atoms with Crippen molar-refractivity contribution in [1.82, 2.24) is 5.01 Å². The fourth-order valence-electron chi connectivity index (χ4n) is 2.43. The maximum atomic E-state index is 12.2. The van der Waals surface area contributed by atoms with Gasteiger partial charge in [0.2, 0.25) is 0 Å². The van der Waals surface area contributed by atoms with Crippen molar-refractivity contribution >= 4 is 39.4 Å². The van der Waals surface area contributed by atoms with E-state index in [0.29, 0.717) is 5.70 Å². The number of nitrogens with zero attached hydrogens (tertiary/aromatic N) is 2. The van der Waals surface area contributed by atoms with Gasteiger partial charge in [0.25, 0.3) is 0 Å². The molecule has 0 spiro atoms. The largest absolute Gasteiger partial charge is 0.464 e. The molecule has 5 heteroatoms. The number of rotatable bonds is 2. The summed E-state index contributed by atoms with van der Waals surface area (Å²) < 4.78 is 5.90. The Morgan fingerprint density at radius 1 is 1.33 bits per heavy atom. The van der Waals surface area contributed by atoms with E-state index in [2.05, 4.69) is 21.0 Å². The van der Waals surface area contributed by atoms with Crippen LogP contribution < -0.4 is 0 Å². The molecule has 1 aromatic carbocycles. The molecule has 110 valence electrons. The highest BCUT2D eigenvalue weighted by atomic mass is 79.9. The molecule has 0 radical (unpaired) electrons. The number of carbonyl (C=O) groups is 1. The van der Waals surface area contributed by atoms with Gasteiger partial charge in [0.15, 0.2) is 5.70 Å². The zero-order valence-electron chi connectivity index (χ0n) is 12.5. The zero-order valence-corrected chi connectivity index (χ0v) is 14.1. The van der Waals surface area contributed by atoms with Gasteiger partial charge in [-0.1, -0.05) is 28.1 Å². The molecule has 4 nitrogen and oxygen atoms in total. The number of allylic oxidation sites excluding steroid dienone is 2. The molecule has 0 saturated heterocycles. The number of benzene rings is 1. The van der Waals surface area contributed by atoms with Crippen LogP contribution in [0.4, 0.5) is 0 Å². The first-order valence-corrected chi connectivity index (χ1v) is 7.39. The van der Waals surface area contributed by atoms with Crippen molar-refractivity contribution in [3.05, 3.63) is 45.6 Å². The zero-order chi connectivity index (χ0) is 15.6. The quantitative estimate of drug-likeness (QED) is 0.598. The Morgan fingerprint density at radius 2 is 2.05 bits per heavy atom. The molecule has 0 bridgehead atoms. The van der Waals surface area contributed by atoms with E-state index in [1.54, 1.807) is 11.2 Å². The van der Waals surface area contributed by atoms with Crippen LogP contribution in [0.5, 0.6) is 0 Å². The van der Waals surface area contributed by atoms with Gasteiger partial charge in [0.1, 0.15) is 0 Å². The van der Waals surface area contributed by atoms with Crippen molar-refractivity contribution in [2.45, 2.75) is 20.8 Å². The molecule has 0 N–H and O–H groups in total. The maximum absolute atomic E-state index is 12.2. The third-order valence-corrected chi connectivity index (χ3v) is 3.83. The first-order valence-electron chi connectivity index (χ1n) is 6.59. The topological polar surface area (TPSA) is 41.9 Å². The Morgan fingerprint density at radius 3 is 2.62 bits per heavy atom. The molecule has 0 unspecified atom stereocenters. The van der Waals surface area contributed by atoms with E-state index in [-0.39, 0.29) is 0 Å². The molecule has 1 heterocycles. The van der Waals surface area contributed by atoms with Crippen LogP contribution in [-0.4, -0.2) is 24.3 Å². The van der Waals surface area contributed by atoms with Crippen LogP contribution in [0.2, 0.25) is 0 Å². The van der Waals surface area contributed by atoms with Gasteiger partial charge in [-0.25, -0.2) is 9.80 Å². The average molecular weight is 349 g/mol. The Bertz CT molecular complexity index is 675. The van der Waals surface area contributed by atoms with Crippen molar-refractivity contribution < 1.29 is 9.53 Å². The lowest BCUT2D eigenvalue weighted by Gasteiger charge is -2.31. The van der Waals surface area contributed by atoms with Crippen LogP contribution in [0, 0.1) is 0 Å². The highest BCUT2D eigenvalue weighted by Crippen LogP contribution is 2.39. The highest BCUT2D eigenvalue weighted by molar-refractivity contribution is 9.10. The Balaban J connectivity index is 2.79. The lowest BCUT2D eigenvalue weighted by Crippen LogP contribution is -2.27. The van der Waals surface area contributed by atoms with Gasteiger partial charge in [0.05, 0.1) is 12.8 Å². The summed E-state index contributed by atoms with van der Waals surface area (Å²) >= 11 is 3.49. The summed E-state index contributed by atoms with van der Waals surface area (Å²) in [5.41, 5.74) is 4.19. The Hall–Kier alpha value is -1.88. The molecule has 0 aliphatic carbocycles. The van der Waals surface area contributed by atoms with Gasteiger partial charge in [-0.3, -0.25) is 0 Å². The molecule has 0 atom stereocenters. The lowest BCUT2D eigenvalue weighted by molar-refractivity contribution is -0.137. The molecule has 0 fully saturated rings. The van der Waals surface area contributed by atoms with Gasteiger partial charge < -0.3 is 4.74 Å². The molecule has 2 rings (SSSR count). The van der Waals surface area contributed by atoms with E-state index < -0.39 is 5.97 Å². The minimum atomic E-state index is -0.397. The number of hydrogen-bond acceptors (Lipinski definition) is 4. The van der Waals surface area contributed by atoms with Crippen molar-refractivity contribution in [3.8, 4) is 0 Å². The molecule has 0 saturated carbocycles. The second kappa shape index (κ2) is 6.26. The number of methoxy groups -OCH3 is 1. The summed E-state index contributed by atoms with van der Waals surface area (Å²) in [4.78, 5) is 12.2. The van der Waals surface area contributed by atoms with Crippen LogP contribution in [0.3, 0.4) is 0 Å². The number of halogens is 1. The van der Waals surface area contributed by atoms with E-state index in [1.165, 1.54) is 7.11 Å². The summed E-state index contributed by atoms with van der Waals surface area (Å²) in [7, 11) is 1.38. The second-order valence-electron chi connectivity index (χ2n) is 4.51. The Kier molecular flexibility index (Phi) is 4.63. The predicted octanol–water partition coefficient (Wildman–Crippen LogP) is 4.04. The van der Waals surface area contributed by atoms with E-state index in [0.717, 1.165) is 26.9 Å². The fraction of sp³-hybridized carbons (Fsp3) is 0.250. The molecular formula is C16H17BrN2O2. The minimum absolute atomic E-state index is 0.397. The lowest BCUT2D eigenvalue weighted by atomic mass is 9.92. The number of esters is 1. The summed E-state index contributed by atoms with van der Waals surface area (Å²) in [6.45, 7) is 5.64.